The van der Waals surface area contributed by atoms with Crippen molar-refractivity contribution in [3.05, 3.63) is 35.9 Å². The van der Waals surface area contributed by atoms with Crippen molar-refractivity contribution in [2.45, 2.75) is 19.1 Å². The molecule has 0 aliphatic carbocycles. The van der Waals surface area contributed by atoms with Crippen molar-refractivity contribution < 1.29 is 9.53 Å². The first-order chi connectivity index (χ1) is 7.75. The highest BCUT2D eigenvalue weighted by atomic mass is 35.5. The van der Waals surface area contributed by atoms with Gasteiger partial charge in [-0.15, -0.1) is 12.4 Å². The van der Waals surface area contributed by atoms with Gasteiger partial charge in [0.05, 0.1) is 0 Å². The molecular formula is C12H17ClN2O2. The predicted octanol–water partition coefficient (Wildman–Crippen LogP) is 1.78. The van der Waals surface area contributed by atoms with Crippen LogP contribution in [0.3, 0.4) is 0 Å². The zero-order valence-corrected chi connectivity index (χ0v) is 10.4. The van der Waals surface area contributed by atoms with Crippen molar-refractivity contribution >= 4 is 18.5 Å². The molecule has 2 N–H and O–H groups in total. The van der Waals surface area contributed by atoms with Crippen molar-refractivity contribution in [3.8, 4) is 0 Å². The summed E-state index contributed by atoms with van der Waals surface area (Å²) in [6, 6.07) is 9.75. The molecule has 1 saturated heterocycles. The van der Waals surface area contributed by atoms with Gasteiger partial charge in [0.2, 0.25) is 0 Å². The number of rotatable bonds is 2. The van der Waals surface area contributed by atoms with Gasteiger partial charge in [-0.1, -0.05) is 30.3 Å². The number of halogens is 1. The molecule has 1 aromatic rings. The Balaban J connectivity index is 0.00000144. The molecule has 0 radical (unpaired) electrons. The summed E-state index contributed by atoms with van der Waals surface area (Å²) >= 11 is 0. The van der Waals surface area contributed by atoms with E-state index in [1.54, 1.807) is 4.90 Å². The van der Waals surface area contributed by atoms with Gasteiger partial charge in [-0.25, -0.2) is 4.79 Å². The highest BCUT2D eigenvalue weighted by Crippen LogP contribution is 2.10. The topological polar surface area (TPSA) is 55.6 Å². The molecule has 94 valence electrons. The van der Waals surface area contributed by atoms with Crippen LogP contribution in [-0.2, 0) is 11.3 Å². The van der Waals surface area contributed by atoms with Gasteiger partial charge in [-0.3, -0.25) is 0 Å². The highest BCUT2D eigenvalue weighted by Gasteiger charge is 2.24. The fourth-order valence-corrected chi connectivity index (χ4v) is 1.76. The maximum absolute atomic E-state index is 11.6. The predicted molar refractivity (Wildman–Crippen MR) is 68.0 cm³/mol. The third-order valence-corrected chi connectivity index (χ3v) is 2.69. The number of carbonyl (C=O) groups excluding carboxylic acids is 1. The summed E-state index contributed by atoms with van der Waals surface area (Å²) in [7, 11) is 0. The van der Waals surface area contributed by atoms with Crippen LogP contribution in [0.5, 0.6) is 0 Å². The fraction of sp³-hybridized carbons (Fsp3) is 0.417. The Bertz CT molecular complexity index is 359. The Morgan fingerprint density at radius 2 is 2.12 bits per heavy atom. The summed E-state index contributed by atoms with van der Waals surface area (Å²) in [5, 5.41) is 0. The summed E-state index contributed by atoms with van der Waals surface area (Å²) in [5.41, 5.74) is 6.72. The van der Waals surface area contributed by atoms with E-state index in [-0.39, 0.29) is 24.5 Å². The minimum Gasteiger partial charge on any atom is -0.445 e. The Hall–Kier alpha value is -1.26. The molecule has 1 atom stereocenters. The minimum atomic E-state index is -0.267. The normalized spacial score (nSPS) is 18.6. The molecule has 1 unspecified atom stereocenters. The number of likely N-dealkylation sites (tertiary alicyclic amines) is 1. The second kappa shape index (κ2) is 6.47. The minimum absolute atomic E-state index is 0. The van der Waals surface area contributed by atoms with Gasteiger partial charge in [-0.05, 0) is 12.0 Å². The van der Waals surface area contributed by atoms with Crippen LogP contribution in [0.15, 0.2) is 30.3 Å². The summed E-state index contributed by atoms with van der Waals surface area (Å²) in [6.45, 7) is 1.63. The standard InChI is InChI=1S/C12H16N2O2.ClH/c13-11-6-7-14(8-11)12(15)16-9-10-4-2-1-3-5-10;/h1-5,11H,6-9,13H2;1H. The smallest absolute Gasteiger partial charge is 0.410 e. The largest absolute Gasteiger partial charge is 0.445 e. The molecule has 0 spiro atoms. The van der Waals surface area contributed by atoms with Crippen LogP contribution in [0.1, 0.15) is 12.0 Å². The van der Waals surface area contributed by atoms with E-state index in [0.717, 1.165) is 12.0 Å². The van der Waals surface area contributed by atoms with E-state index in [4.69, 9.17) is 10.5 Å². The molecule has 1 fully saturated rings. The number of hydrogen-bond donors (Lipinski definition) is 1. The summed E-state index contributed by atoms with van der Waals surface area (Å²) in [6.07, 6.45) is 0.595. The van der Waals surface area contributed by atoms with Gasteiger partial charge >= 0.3 is 6.09 Å². The molecule has 17 heavy (non-hydrogen) atoms. The Morgan fingerprint density at radius 3 is 2.71 bits per heavy atom. The van der Waals surface area contributed by atoms with E-state index in [1.165, 1.54) is 0 Å². The zero-order chi connectivity index (χ0) is 11.4. The molecule has 1 heterocycles. The van der Waals surface area contributed by atoms with Gasteiger partial charge in [0.1, 0.15) is 6.61 Å². The van der Waals surface area contributed by atoms with Crippen molar-refractivity contribution in [1.29, 1.82) is 0 Å². The average molecular weight is 257 g/mol. The van der Waals surface area contributed by atoms with E-state index >= 15 is 0 Å². The van der Waals surface area contributed by atoms with E-state index in [1.807, 2.05) is 30.3 Å². The number of hydrogen-bond acceptors (Lipinski definition) is 3. The van der Waals surface area contributed by atoms with Crippen LogP contribution in [0.4, 0.5) is 4.79 Å². The lowest BCUT2D eigenvalue weighted by molar-refractivity contribution is 0.104. The van der Waals surface area contributed by atoms with Gasteiger partial charge in [-0.2, -0.15) is 0 Å². The number of amides is 1. The first kappa shape index (κ1) is 13.8. The molecule has 1 aromatic carbocycles. The van der Waals surface area contributed by atoms with Gasteiger partial charge in [0.25, 0.3) is 0 Å². The zero-order valence-electron chi connectivity index (χ0n) is 9.54. The maximum Gasteiger partial charge on any atom is 0.410 e. The second-order valence-electron chi connectivity index (χ2n) is 4.03. The summed E-state index contributed by atoms with van der Waals surface area (Å²) in [5.74, 6) is 0. The Labute approximate surface area is 107 Å². The second-order valence-corrected chi connectivity index (χ2v) is 4.03. The number of nitrogens with two attached hydrogens (primary N) is 1. The van der Waals surface area contributed by atoms with Crippen molar-refractivity contribution in [2.24, 2.45) is 5.73 Å². The third kappa shape index (κ3) is 3.91. The van der Waals surface area contributed by atoms with Crippen molar-refractivity contribution in [3.63, 3.8) is 0 Å². The van der Waals surface area contributed by atoms with E-state index < -0.39 is 0 Å². The molecule has 1 aliphatic rings. The summed E-state index contributed by atoms with van der Waals surface area (Å²) in [4.78, 5) is 13.3. The number of carbonyl (C=O) groups is 1. The van der Waals surface area contributed by atoms with Crippen LogP contribution in [-0.4, -0.2) is 30.1 Å². The maximum atomic E-state index is 11.6. The fourth-order valence-electron chi connectivity index (χ4n) is 1.76. The van der Waals surface area contributed by atoms with Gasteiger partial charge in [0.15, 0.2) is 0 Å². The van der Waals surface area contributed by atoms with Crippen LogP contribution in [0.25, 0.3) is 0 Å². The lowest BCUT2D eigenvalue weighted by Crippen LogP contribution is -2.32. The van der Waals surface area contributed by atoms with Crippen molar-refractivity contribution in [2.75, 3.05) is 13.1 Å². The molecule has 0 saturated carbocycles. The first-order valence-electron chi connectivity index (χ1n) is 5.47. The number of benzene rings is 1. The number of nitrogens with zero attached hydrogens (tertiary/aromatic N) is 1. The van der Waals surface area contributed by atoms with Gasteiger partial charge < -0.3 is 15.4 Å². The van der Waals surface area contributed by atoms with E-state index in [0.29, 0.717) is 19.7 Å². The molecule has 0 bridgehead atoms. The van der Waals surface area contributed by atoms with Crippen LogP contribution < -0.4 is 5.73 Å². The first-order valence-corrected chi connectivity index (χ1v) is 5.47. The third-order valence-electron chi connectivity index (χ3n) is 2.69. The van der Waals surface area contributed by atoms with E-state index in [2.05, 4.69) is 0 Å². The van der Waals surface area contributed by atoms with Crippen LogP contribution in [0.2, 0.25) is 0 Å². The number of ether oxygens (including phenoxy) is 1. The molecule has 1 amide bonds. The quantitative estimate of drug-likeness (QED) is 0.878. The average Bonchev–Trinajstić information content (AvgIpc) is 2.74. The van der Waals surface area contributed by atoms with Crippen LogP contribution >= 0.6 is 12.4 Å². The SMILES string of the molecule is Cl.NC1CCN(C(=O)OCc2ccccc2)C1. The molecule has 0 aromatic heterocycles. The summed E-state index contributed by atoms with van der Waals surface area (Å²) < 4.78 is 5.19. The van der Waals surface area contributed by atoms with Crippen LogP contribution in [0, 0.1) is 0 Å². The highest BCUT2D eigenvalue weighted by molar-refractivity contribution is 5.85. The Morgan fingerprint density at radius 1 is 1.41 bits per heavy atom. The van der Waals surface area contributed by atoms with Gasteiger partial charge in [0, 0.05) is 19.1 Å². The van der Waals surface area contributed by atoms with Crippen molar-refractivity contribution in [1.82, 2.24) is 4.90 Å². The molecule has 2 rings (SSSR count). The molecular weight excluding hydrogens is 240 g/mol. The lowest BCUT2D eigenvalue weighted by Gasteiger charge is -2.15. The van der Waals surface area contributed by atoms with E-state index in [9.17, 15) is 4.79 Å². The Kier molecular flexibility index (Phi) is 5.25. The monoisotopic (exact) mass is 256 g/mol. The molecule has 4 nitrogen and oxygen atoms in total. The molecule has 5 heteroatoms. The lowest BCUT2D eigenvalue weighted by atomic mass is 10.2. The molecule has 1 aliphatic heterocycles.